The first-order chi connectivity index (χ1) is 44.2. The molecule has 1 radical (unpaired) electrons. The minimum Gasteiger partial charge on any atom is -0.813 e. The number of para-hydroxylation sites is 1. The van der Waals surface area contributed by atoms with Crippen LogP contribution in [0.4, 0.5) is 5.69 Å². The van der Waals surface area contributed by atoms with Gasteiger partial charge in [0.2, 0.25) is 0 Å². The third-order valence-corrected chi connectivity index (χ3v) is 45.2. The van der Waals surface area contributed by atoms with Crippen LogP contribution in [0.1, 0.15) is 392 Å². The van der Waals surface area contributed by atoms with E-state index in [1.54, 1.807) is 385 Å². The molecule has 1 aromatic carbocycles. The molecular formula is C83H150AuN2P4Pt2S2. The van der Waals surface area contributed by atoms with Crippen LogP contribution in [-0.2, 0) is 91.5 Å². The molecule has 1 aromatic rings. The van der Waals surface area contributed by atoms with Crippen molar-refractivity contribution in [2.24, 2.45) is 0 Å². The molecule has 0 aromatic heterocycles. The van der Waals surface area contributed by atoms with Crippen molar-refractivity contribution in [3.8, 4) is 0 Å². The van der Waals surface area contributed by atoms with Crippen molar-refractivity contribution >= 4 is 64.4 Å². The van der Waals surface area contributed by atoms with Gasteiger partial charge in [-0.1, -0.05) is 120 Å². The number of hydrogen-bond donors (Lipinski definition) is 0. The standard InChI is InChI=1S/4C18H33P.C11H12N2.Au.2Pt.2H2S/c4*1-4-10-16(11-5-1)19(17-12-6-2-7-13-17)18-14-8-3-9-15-18;1-2-6-10(7-3-1)13-11-8-4-5-9-12-11;;;;;/h4*16-18H,1-15H2;1-7,11H,8-9H2;;;;2*1H2/q;;;;-2;;;;;/p+2. The first-order valence-electron chi connectivity index (χ1n) is 41.8. The molecule has 555 valence electrons. The quantitative estimate of drug-likeness (QED) is 0.0611. The molecule has 1 atom stereocenters. The maximum Gasteiger partial charge on any atom is 0.0680 e. The third kappa shape index (κ3) is 30.3. The maximum atomic E-state index is 4.50. The van der Waals surface area contributed by atoms with Gasteiger partial charge in [0.05, 0.1) is 67.9 Å². The summed E-state index contributed by atoms with van der Waals surface area (Å²) in [5, 5.41) is 8.87. The van der Waals surface area contributed by atoms with E-state index >= 15 is 0 Å². The monoisotopic (exact) mass is 1950 g/mol. The fourth-order valence-electron chi connectivity index (χ4n) is 22.6. The second-order valence-corrected chi connectivity index (χ2v) is 46.8. The summed E-state index contributed by atoms with van der Waals surface area (Å²) in [5.41, 5.74) is 15.7. The van der Waals surface area contributed by atoms with E-state index in [1.165, 1.54) is 67.9 Å². The number of benzene rings is 1. The van der Waals surface area contributed by atoms with Crippen LogP contribution < -0.4 is 0 Å². The second kappa shape index (κ2) is 53.1. The van der Waals surface area contributed by atoms with Crippen molar-refractivity contribution in [1.29, 1.82) is 0 Å². The molecule has 0 amide bonds. The number of hydrogen-bond acceptors (Lipinski definition) is 2. The van der Waals surface area contributed by atoms with Gasteiger partial charge < -0.3 is 37.6 Å². The van der Waals surface area contributed by atoms with Crippen molar-refractivity contribution in [3.63, 3.8) is 0 Å². The molecule has 0 spiro atoms. The van der Waals surface area contributed by atoms with E-state index < -0.39 is 0 Å². The van der Waals surface area contributed by atoms with Gasteiger partial charge in [0.25, 0.3) is 0 Å². The maximum absolute atomic E-state index is 4.50. The van der Waals surface area contributed by atoms with Gasteiger partial charge in [-0.15, -0.1) is 18.3 Å². The van der Waals surface area contributed by atoms with Crippen LogP contribution >= 0.6 is 31.7 Å². The Bertz CT molecular complexity index is 1560. The molecule has 12 fully saturated rings. The van der Waals surface area contributed by atoms with Gasteiger partial charge in [0.1, 0.15) is 0 Å². The van der Waals surface area contributed by atoms with Crippen molar-refractivity contribution in [2.75, 3.05) is 6.54 Å². The largest absolute Gasteiger partial charge is 0.813 e. The summed E-state index contributed by atoms with van der Waals surface area (Å²) in [6.45, 7) is 0.807. The average molecular weight is 1950 g/mol. The van der Waals surface area contributed by atoms with Crippen molar-refractivity contribution in [1.82, 2.24) is 0 Å². The van der Waals surface area contributed by atoms with Gasteiger partial charge in [-0.25, -0.2) is 6.17 Å². The summed E-state index contributed by atoms with van der Waals surface area (Å²) in [7, 11) is -0.186. The second-order valence-electron chi connectivity index (χ2n) is 33.0. The zero-order valence-corrected chi connectivity index (χ0v) is 73.1. The molecule has 0 saturated heterocycles. The van der Waals surface area contributed by atoms with Crippen LogP contribution in [0.15, 0.2) is 42.5 Å². The fraction of sp³-hybridized carbons (Fsp3) is 0.904. The first-order valence-corrected chi connectivity index (χ1v) is 48.7. The van der Waals surface area contributed by atoms with Crippen LogP contribution in [0, 0.1) is 0 Å². The smallest absolute Gasteiger partial charge is 0.0680 e. The molecule has 1 heterocycles. The van der Waals surface area contributed by atoms with E-state index in [-0.39, 0.29) is 129 Å². The molecule has 12 saturated carbocycles. The van der Waals surface area contributed by atoms with Gasteiger partial charge in [-0.3, -0.25) is 0 Å². The predicted molar refractivity (Wildman–Crippen MR) is 428 cm³/mol. The molecule has 2 nitrogen and oxygen atoms in total. The molecule has 1 unspecified atom stereocenters. The molecule has 13 aliphatic rings. The Balaban J connectivity index is 0.000000211. The Morgan fingerprint density at radius 3 is 0.564 bits per heavy atom. The van der Waals surface area contributed by atoms with Gasteiger partial charge in [-0.2, -0.15) is 0 Å². The van der Waals surface area contributed by atoms with Gasteiger partial charge in [0, 0.05) is 96.2 Å². The Labute approximate surface area is 648 Å². The Kier molecular flexibility index (Phi) is 49.6. The summed E-state index contributed by atoms with van der Waals surface area (Å²) in [5.74, 6) is 0. The zero-order chi connectivity index (χ0) is 60.6. The molecule has 0 bridgehead atoms. The summed E-state index contributed by atoms with van der Waals surface area (Å²) in [6, 6.07) is 10.0. The van der Waals surface area contributed by atoms with Crippen molar-refractivity contribution in [2.45, 2.75) is 466 Å². The Morgan fingerprint density at radius 1 is 0.245 bits per heavy atom. The van der Waals surface area contributed by atoms with E-state index in [9.17, 15) is 0 Å². The van der Waals surface area contributed by atoms with E-state index in [2.05, 4.69) is 22.8 Å². The van der Waals surface area contributed by atoms with Gasteiger partial charge >= 0.3 is 0 Å². The first kappa shape index (κ1) is 87.9. The average Bonchev–Trinajstić information content (AvgIpc) is 0.961. The molecule has 0 N–H and O–H groups in total. The summed E-state index contributed by atoms with van der Waals surface area (Å²) in [6.07, 6.45) is 100. The number of thiol groups is 2. The number of nitrogens with zero attached hydrogens (tertiary/aromatic N) is 2. The van der Waals surface area contributed by atoms with E-state index in [1.807, 2.05) is 30.3 Å². The van der Waals surface area contributed by atoms with Gasteiger partial charge in [-0.05, 0) is 308 Å². The Morgan fingerprint density at radius 2 is 0.415 bits per heavy atom. The topological polar surface area (TPSA) is 28.2 Å². The molecular weight excluding hydrogens is 1800 g/mol. The van der Waals surface area contributed by atoms with Crippen LogP contribution in [0.25, 0.3) is 10.6 Å². The van der Waals surface area contributed by atoms with Crippen LogP contribution in [0.3, 0.4) is 0 Å². The molecule has 94 heavy (non-hydrogen) atoms. The van der Waals surface area contributed by atoms with E-state index in [0.717, 1.165) is 18.7 Å². The minimum atomic E-state index is -0.0465. The Hall–Kier alpha value is 3.26. The molecule has 14 rings (SSSR count). The van der Waals surface area contributed by atoms with Crippen molar-refractivity contribution in [3.05, 3.63) is 53.1 Å². The van der Waals surface area contributed by atoms with Gasteiger partial charge in [0.15, 0.2) is 0 Å². The third-order valence-electron chi connectivity index (χ3n) is 26.9. The molecule has 11 heteroatoms. The van der Waals surface area contributed by atoms with Crippen LogP contribution in [0.2, 0.25) is 0 Å². The number of rotatable bonds is 14. The fourth-order valence-corrected chi connectivity index (χ4v) is 43.5. The molecule has 12 aliphatic carbocycles. The van der Waals surface area contributed by atoms with E-state index in [4.69, 9.17) is 0 Å². The minimum absolute atomic E-state index is 0. The normalized spacial score (nSPS) is 26.3. The van der Waals surface area contributed by atoms with Crippen molar-refractivity contribution < 1.29 is 64.5 Å². The summed E-state index contributed by atoms with van der Waals surface area (Å²) in [4.78, 5) is 0. The molecule has 1 aliphatic heterocycles. The SMILES string of the molecule is C1=CCC([N-]c2ccccc2)[N-]C1.C1CCC([PH+](C2CCCCC2)C2CCCCC2)CC1.C1CCC([PH+](C2CCCCC2)C2CCCCC2)CC1.C1CCC([PH+](C2CCCCC2)C2CCCCC2)CC1.C1CCC([PH+](C2CCCCC2)C2CCCCC2)CC1.[Au].[Pt].[Pt].[SH-].[SH-]. The predicted octanol–water partition coefficient (Wildman–Crippen LogP) is 27.6. The summed E-state index contributed by atoms with van der Waals surface area (Å²) >= 11 is 0. The van der Waals surface area contributed by atoms with Crippen LogP contribution in [-0.4, -0.2) is 80.6 Å². The zero-order valence-electron chi connectivity index (χ0n) is 60.6. The van der Waals surface area contributed by atoms with E-state index in [0.29, 0.717) is 0 Å². The summed E-state index contributed by atoms with van der Waals surface area (Å²) < 4.78 is 0. The van der Waals surface area contributed by atoms with Crippen LogP contribution in [0.5, 0.6) is 0 Å².